The van der Waals surface area contributed by atoms with E-state index in [0.717, 1.165) is 49.8 Å². The van der Waals surface area contributed by atoms with Crippen LogP contribution in [0.4, 0.5) is 10.3 Å². The first-order chi connectivity index (χ1) is 20.2. The maximum atomic E-state index is 15.8. The first-order valence-electron chi connectivity index (χ1n) is 14.8. The standard InChI is InChI=1S/C33H38FN5O3/c1-33(41)15-10-23(11-16-33)39-27-9-8-22(21-13-18-38(2)19-14-21)20-26(27)36-32(39)37-31(40)25-12-17-35-30(29(25)34)24-6-4-5-7-28(24)42-3/h4-9,12,17,20-21,23,41H,10-11,13-16,18-19H2,1-3H3,(H,36,37,40). The number of halogens is 1. The highest BCUT2D eigenvalue weighted by molar-refractivity contribution is 6.05. The van der Waals surface area contributed by atoms with E-state index < -0.39 is 17.3 Å². The fourth-order valence-electron chi connectivity index (χ4n) is 6.47. The number of fused-ring (bicyclic) bond motifs is 1. The van der Waals surface area contributed by atoms with Gasteiger partial charge in [0.1, 0.15) is 11.4 Å². The van der Waals surface area contributed by atoms with E-state index in [-0.39, 0.29) is 17.3 Å². The molecule has 0 unspecified atom stereocenters. The summed E-state index contributed by atoms with van der Waals surface area (Å²) in [6.07, 6.45) is 6.43. The van der Waals surface area contributed by atoms with Gasteiger partial charge in [-0.15, -0.1) is 0 Å². The summed E-state index contributed by atoms with van der Waals surface area (Å²) in [5.41, 5.74) is 2.69. The number of carbonyl (C=O) groups excluding carboxylic acids is 1. The zero-order valence-corrected chi connectivity index (χ0v) is 24.4. The van der Waals surface area contributed by atoms with Crippen molar-refractivity contribution in [3.05, 3.63) is 71.7 Å². The molecule has 9 heteroatoms. The van der Waals surface area contributed by atoms with E-state index in [4.69, 9.17) is 9.72 Å². The van der Waals surface area contributed by atoms with Crippen LogP contribution < -0.4 is 10.1 Å². The van der Waals surface area contributed by atoms with E-state index in [1.165, 1.54) is 24.9 Å². The van der Waals surface area contributed by atoms with Crippen molar-refractivity contribution in [2.75, 3.05) is 32.6 Å². The number of piperidine rings is 1. The van der Waals surface area contributed by atoms with Crippen LogP contribution in [0.2, 0.25) is 0 Å². The zero-order valence-electron chi connectivity index (χ0n) is 24.4. The molecule has 8 nitrogen and oxygen atoms in total. The third-order valence-corrected chi connectivity index (χ3v) is 9.02. The molecule has 220 valence electrons. The number of para-hydroxylation sites is 1. The number of imidazole rings is 1. The van der Waals surface area contributed by atoms with Crippen molar-refractivity contribution in [1.29, 1.82) is 0 Å². The highest BCUT2D eigenvalue weighted by atomic mass is 19.1. The van der Waals surface area contributed by atoms with Gasteiger partial charge in [-0.05, 0) is 107 Å². The second-order valence-electron chi connectivity index (χ2n) is 12.0. The van der Waals surface area contributed by atoms with Crippen molar-refractivity contribution < 1.29 is 19.0 Å². The van der Waals surface area contributed by atoms with E-state index >= 15 is 4.39 Å². The minimum atomic E-state index is -0.722. The fraction of sp³-hybridized carbons (Fsp3) is 0.424. The Kier molecular flexibility index (Phi) is 7.72. The van der Waals surface area contributed by atoms with Crippen LogP contribution in [0.5, 0.6) is 5.75 Å². The molecular weight excluding hydrogens is 533 g/mol. The van der Waals surface area contributed by atoms with Crippen LogP contribution >= 0.6 is 0 Å². The van der Waals surface area contributed by atoms with Gasteiger partial charge in [0.2, 0.25) is 5.95 Å². The van der Waals surface area contributed by atoms with E-state index in [9.17, 15) is 9.90 Å². The lowest BCUT2D eigenvalue weighted by molar-refractivity contribution is 0.0106. The lowest BCUT2D eigenvalue weighted by atomic mass is 9.83. The summed E-state index contributed by atoms with van der Waals surface area (Å²) in [7, 11) is 3.67. The van der Waals surface area contributed by atoms with Gasteiger partial charge in [0, 0.05) is 17.8 Å². The Morgan fingerprint density at radius 1 is 1.10 bits per heavy atom. The second kappa shape index (κ2) is 11.5. The van der Waals surface area contributed by atoms with Crippen LogP contribution in [0.3, 0.4) is 0 Å². The average Bonchev–Trinajstić information content (AvgIpc) is 3.34. The van der Waals surface area contributed by atoms with Crippen LogP contribution in [0, 0.1) is 5.82 Å². The van der Waals surface area contributed by atoms with E-state index in [2.05, 4.69) is 45.0 Å². The maximum absolute atomic E-state index is 15.8. The number of benzene rings is 2. The van der Waals surface area contributed by atoms with Gasteiger partial charge in [0.05, 0.1) is 29.3 Å². The predicted molar refractivity (Wildman–Crippen MR) is 161 cm³/mol. The summed E-state index contributed by atoms with van der Waals surface area (Å²) in [6, 6.07) is 14.9. The average molecular weight is 572 g/mol. The number of nitrogens with one attached hydrogen (secondary N) is 1. The topological polar surface area (TPSA) is 92.5 Å². The number of carbonyl (C=O) groups is 1. The van der Waals surface area contributed by atoms with Gasteiger partial charge < -0.3 is 19.3 Å². The lowest BCUT2D eigenvalue weighted by Gasteiger charge is -2.34. The summed E-state index contributed by atoms with van der Waals surface area (Å²) in [5.74, 6) is 0.00762. The number of aliphatic hydroxyl groups is 1. The Bertz CT molecular complexity index is 1600. The molecule has 0 atom stereocenters. The monoisotopic (exact) mass is 571 g/mol. The molecular formula is C33H38FN5O3. The van der Waals surface area contributed by atoms with E-state index in [0.29, 0.717) is 36.0 Å². The fourth-order valence-corrected chi connectivity index (χ4v) is 6.47. The molecule has 1 saturated carbocycles. The number of amides is 1. The molecule has 1 aliphatic heterocycles. The molecule has 3 heterocycles. The molecule has 1 saturated heterocycles. The Labute approximate surface area is 245 Å². The summed E-state index contributed by atoms with van der Waals surface area (Å²) in [6.45, 7) is 4.00. The molecule has 0 bridgehead atoms. The molecule has 2 aliphatic rings. The minimum Gasteiger partial charge on any atom is -0.496 e. The van der Waals surface area contributed by atoms with Gasteiger partial charge in [0.25, 0.3) is 5.91 Å². The van der Waals surface area contributed by atoms with E-state index in [1.54, 1.807) is 24.3 Å². The van der Waals surface area contributed by atoms with Crippen molar-refractivity contribution in [3.8, 4) is 17.0 Å². The van der Waals surface area contributed by atoms with Gasteiger partial charge in [-0.1, -0.05) is 18.2 Å². The third kappa shape index (κ3) is 5.51. The van der Waals surface area contributed by atoms with Crippen LogP contribution in [0.1, 0.15) is 73.3 Å². The van der Waals surface area contributed by atoms with Crippen LogP contribution in [0.25, 0.3) is 22.3 Å². The number of methoxy groups -OCH3 is 1. The molecule has 2 aromatic carbocycles. The number of rotatable bonds is 6. The number of pyridine rings is 1. The number of likely N-dealkylation sites (tertiary alicyclic amines) is 1. The van der Waals surface area contributed by atoms with Crippen molar-refractivity contribution in [1.82, 2.24) is 19.4 Å². The molecule has 1 amide bonds. The summed E-state index contributed by atoms with van der Waals surface area (Å²) >= 11 is 0. The van der Waals surface area contributed by atoms with E-state index in [1.807, 2.05) is 6.92 Å². The Hall–Kier alpha value is -3.82. The molecule has 1 aliphatic carbocycles. The number of anilines is 1. The Balaban J connectivity index is 1.36. The van der Waals surface area contributed by atoms with Gasteiger partial charge in [-0.25, -0.2) is 9.37 Å². The molecule has 2 fully saturated rings. The van der Waals surface area contributed by atoms with Gasteiger partial charge in [-0.2, -0.15) is 0 Å². The molecule has 2 aromatic heterocycles. The van der Waals surface area contributed by atoms with Gasteiger partial charge in [-0.3, -0.25) is 15.1 Å². The number of hydrogen-bond donors (Lipinski definition) is 2. The number of nitrogens with zero attached hydrogens (tertiary/aromatic N) is 4. The summed E-state index contributed by atoms with van der Waals surface area (Å²) in [5, 5.41) is 13.5. The summed E-state index contributed by atoms with van der Waals surface area (Å²) in [4.78, 5) is 25.1. The number of hydrogen-bond acceptors (Lipinski definition) is 6. The third-order valence-electron chi connectivity index (χ3n) is 9.02. The first-order valence-corrected chi connectivity index (χ1v) is 14.8. The quantitative estimate of drug-likeness (QED) is 0.287. The highest BCUT2D eigenvalue weighted by Gasteiger charge is 2.32. The maximum Gasteiger partial charge on any atom is 0.261 e. The highest BCUT2D eigenvalue weighted by Crippen LogP contribution is 2.39. The van der Waals surface area contributed by atoms with Gasteiger partial charge >= 0.3 is 0 Å². The minimum absolute atomic E-state index is 0.0471. The van der Waals surface area contributed by atoms with Crippen molar-refractivity contribution in [3.63, 3.8) is 0 Å². The molecule has 2 N–H and O–H groups in total. The SMILES string of the molecule is COc1ccccc1-c1nccc(C(=O)Nc2nc3cc(C4CCN(C)CC4)ccc3n2C2CCC(C)(O)CC2)c1F. The van der Waals surface area contributed by atoms with Gasteiger partial charge in [0.15, 0.2) is 5.82 Å². The predicted octanol–water partition coefficient (Wildman–Crippen LogP) is 6.17. The molecule has 42 heavy (non-hydrogen) atoms. The molecule has 0 spiro atoms. The molecule has 0 radical (unpaired) electrons. The largest absolute Gasteiger partial charge is 0.496 e. The number of ether oxygens (including phenoxy) is 1. The normalized spacial score (nSPS) is 21.9. The lowest BCUT2D eigenvalue weighted by Crippen LogP contribution is -2.32. The van der Waals surface area contributed by atoms with Crippen molar-refractivity contribution >= 4 is 22.9 Å². The second-order valence-corrected chi connectivity index (χ2v) is 12.0. The zero-order chi connectivity index (χ0) is 29.4. The Morgan fingerprint density at radius 3 is 2.57 bits per heavy atom. The van der Waals surface area contributed by atoms with Crippen LogP contribution in [-0.2, 0) is 0 Å². The Morgan fingerprint density at radius 2 is 1.83 bits per heavy atom. The first kappa shape index (κ1) is 28.3. The van der Waals surface area contributed by atoms with Crippen molar-refractivity contribution in [2.24, 2.45) is 0 Å². The molecule has 6 rings (SSSR count). The van der Waals surface area contributed by atoms with Crippen molar-refractivity contribution in [2.45, 2.75) is 63.0 Å². The number of aromatic nitrogens is 3. The summed E-state index contributed by atoms with van der Waals surface area (Å²) < 4.78 is 23.3. The molecule has 4 aromatic rings. The van der Waals surface area contributed by atoms with Crippen LogP contribution in [0.15, 0.2) is 54.7 Å². The smallest absolute Gasteiger partial charge is 0.261 e. The van der Waals surface area contributed by atoms with Crippen LogP contribution in [-0.4, -0.2) is 63.3 Å².